The van der Waals surface area contributed by atoms with Gasteiger partial charge in [0.05, 0.1) is 19.2 Å². The van der Waals surface area contributed by atoms with E-state index in [0.29, 0.717) is 22.6 Å². The first-order valence-electron chi connectivity index (χ1n) is 19.0. The van der Waals surface area contributed by atoms with Crippen LogP contribution in [-0.4, -0.2) is 90.2 Å². The summed E-state index contributed by atoms with van der Waals surface area (Å²) in [6.45, 7) is 18.8. The Morgan fingerprint density at radius 1 is 0.887 bits per heavy atom. The van der Waals surface area contributed by atoms with Crippen molar-refractivity contribution < 1.29 is 28.7 Å². The van der Waals surface area contributed by atoms with Crippen molar-refractivity contribution in [2.45, 2.75) is 118 Å². The highest BCUT2D eigenvalue weighted by molar-refractivity contribution is 6.09. The molecule has 3 rings (SSSR count). The lowest BCUT2D eigenvalue weighted by atomic mass is 9.84. The number of amides is 3. The van der Waals surface area contributed by atoms with Crippen LogP contribution >= 0.6 is 0 Å². The number of likely N-dealkylation sites (tertiary alicyclic amines) is 1. The molecule has 0 radical (unpaired) electrons. The van der Waals surface area contributed by atoms with Gasteiger partial charge in [0.15, 0.2) is 5.78 Å². The first-order valence-corrected chi connectivity index (χ1v) is 19.0. The molecule has 0 aliphatic carbocycles. The van der Waals surface area contributed by atoms with Crippen molar-refractivity contribution in [2.75, 3.05) is 20.7 Å². The van der Waals surface area contributed by atoms with Gasteiger partial charge in [0.1, 0.15) is 12.1 Å². The highest BCUT2D eigenvalue weighted by Crippen LogP contribution is 2.27. The lowest BCUT2D eigenvalue weighted by Crippen LogP contribution is -2.61. The van der Waals surface area contributed by atoms with Gasteiger partial charge < -0.3 is 20.3 Å². The van der Waals surface area contributed by atoms with E-state index in [-0.39, 0.29) is 42.0 Å². The maximum Gasteiger partial charge on any atom is 0.328 e. The van der Waals surface area contributed by atoms with Crippen LogP contribution in [0.25, 0.3) is 0 Å². The molecular formula is C43H62N4O6. The SMILES string of the molecule is COC(=O)[C@H](Cc1ccc(C(=O)c2ccccc2)cc1)NC(=O)/C(C)=C/[C@H](C(C)C)N(C)C(=O)[C@@H](NC(=O)C1CCCCN1C(C)C(C)C)C(C)(C)C. The Kier molecular flexibility index (Phi) is 15.6. The number of rotatable bonds is 15. The van der Waals surface area contributed by atoms with Gasteiger partial charge in [-0.1, -0.05) is 116 Å². The van der Waals surface area contributed by atoms with Gasteiger partial charge in [-0.3, -0.25) is 24.1 Å². The number of piperidine rings is 1. The smallest absolute Gasteiger partial charge is 0.328 e. The lowest BCUT2D eigenvalue weighted by molar-refractivity contribution is -0.144. The Balaban J connectivity index is 1.77. The molecule has 2 N–H and O–H groups in total. The molecule has 10 heteroatoms. The molecule has 3 amide bonds. The summed E-state index contributed by atoms with van der Waals surface area (Å²) >= 11 is 0. The van der Waals surface area contributed by atoms with Crippen molar-refractivity contribution in [2.24, 2.45) is 17.3 Å². The van der Waals surface area contributed by atoms with E-state index in [2.05, 4.69) is 36.3 Å². The van der Waals surface area contributed by atoms with E-state index in [1.54, 1.807) is 61.3 Å². The fourth-order valence-electron chi connectivity index (χ4n) is 6.82. The number of nitrogens with one attached hydrogen (secondary N) is 2. The van der Waals surface area contributed by atoms with Gasteiger partial charge in [-0.05, 0) is 56.0 Å². The third-order valence-corrected chi connectivity index (χ3v) is 10.5. The van der Waals surface area contributed by atoms with Crippen molar-refractivity contribution in [1.29, 1.82) is 0 Å². The molecule has 2 aromatic rings. The predicted octanol–water partition coefficient (Wildman–Crippen LogP) is 5.98. The minimum Gasteiger partial charge on any atom is -0.467 e. The number of carbonyl (C=O) groups excluding carboxylic acids is 5. The van der Waals surface area contributed by atoms with Crippen molar-refractivity contribution in [3.8, 4) is 0 Å². The zero-order valence-electron chi connectivity index (χ0n) is 33.7. The number of hydrogen-bond donors (Lipinski definition) is 2. The minimum absolute atomic E-state index is 0.0720. The molecule has 1 aliphatic rings. The molecule has 1 saturated heterocycles. The number of ether oxygens (including phenoxy) is 1. The molecule has 10 nitrogen and oxygen atoms in total. The average molecular weight is 731 g/mol. The fourth-order valence-corrected chi connectivity index (χ4v) is 6.82. The van der Waals surface area contributed by atoms with Crippen molar-refractivity contribution in [3.05, 3.63) is 82.9 Å². The molecule has 53 heavy (non-hydrogen) atoms. The summed E-state index contributed by atoms with van der Waals surface area (Å²) in [6, 6.07) is 13.6. The van der Waals surface area contributed by atoms with Gasteiger partial charge in [-0.15, -0.1) is 0 Å². The minimum atomic E-state index is -0.985. The van der Waals surface area contributed by atoms with E-state index >= 15 is 0 Å². The van der Waals surface area contributed by atoms with Gasteiger partial charge in [-0.25, -0.2) is 4.79 Å². The Morgan fingerprint density at radius 3 is 2.04 bits per heavy atom. The Labute approximate surface area is 317 Å². The van der Waals surface area contributed by atoms with Crippen LogP contribution in [0.5, 0.6) is 0 Å². The second-order valence-electron chi connectivity index (χ2n) is 16.2. The van der Waals surface area contributed by atoms with Crippen LogP contribution < -0.4 is 10.6 Å². The molecule has 1 heterocycles. The molecule has 1 fully saturated rings. The third-order valence-electron chi connectivity index (χ3n) is 10.5. The Hall–Kier alpha value is -4.31. The van der Waals surface area contributed by atoms with Crippen molar-refractivity contribution in [3.63, 3.8) is 0 Å². The summed E-state index contributed by atoms with van der Waals surface area (Å²) in [4.78, 5) is 71.3. The number of ketones is 1. The van der Waals surface area contributed by atoms with E-state index in [0.717, 1.165) is 31.4 Å². The van der Waals surface area contributed by atoms with Crippen LogP contribution in [0, 0.1) is 17.3 Å². The predicted molar refractivity (Wildman–Crippen MR) is 209 cm³/mol. The molecule has 290 valence electrons. The average Bonchev–Trinajstić information content (AvgIpc) is 3.13. The summed E-state index contributed by atoms with van der Waals surface area (Å²) in [5.74, 6) is -1.24. The van der Waals surface area contributed by atoms with E-state index in [1.165, 1.54) is 7.11 Å². The standard InChI is InChI=1S/C43H62N4O6/c1-27(2)30(6)47-24-16-15-19-35(47)40(50)45-38(43(7,8)9)41(51)46(10)36(28(3)4)25-29(5)39(49)44-34(42(52)53-11)26-31-20-22-33(23-21-31)37(48)32-17-13-12-14-18-32/h12-14,17-18,20-23,25,27-28,30,34-36,38H,15-16,19,24,26H2,1-11H3,(H,44,49)(H,45,50)/b29-25+/t30?,34-,35?,36+,38+/m0/s1. The van der Waals surface area contributed by atoms with E-state index < -0.39 is 35.4 Å². The van der Waals surface area contributed by atoms with Gasteiger partial charge >= 0.3 is 5.97 Å². The number of methoxy groups -OCH3 is 1. The molecule has 2 aromatic carbocycles. The Morgan fingerprint density at radius 2 is 1.49 bits per heavy atom. The number of esters is 1. The number of benzene rings is 2. The van der Waals surface area contributed by atoms with Gasteiger partial charge in [-0.2, -0.15) is 0 Å². The number of nitrogens with zero attached hydrogens (tertiary/aromatic N) is 2. The largest absolute Gasteiger partial charge is 0.467 e. The highest BCUT2D eigenvalue weighted by atomic mass is 16.5. The topological polar surface area (TPSA) is 125 Å². The summed E-state index contributed by atoms with van der Waals surface area (Å²) in [5, 5.41) is 5.95. The maximum atomic E-state index is 14.3. The number of hydrogen-bond acceptors (Lipinski definition) is 7. The van der Waals surface area contributed by atoms with Crippen molar-refractivity contribution in [1.82, 2.24) is 20.4 Å². The van der Waals surface area contributed by atoms with Crippen LogP contribution in [0.1, 0.15) is 103 Å². The molecule has 0 saturated carbocycles. The summed E-state index contributed by atoms with van der Waals surface area (Å²) in [6.07, 6.45) is 4.66. The normalized spacial score (nSPS) is 17.8. The van der Waals surface area contributed by atoms with Crippen LogP contribution in [0.2, 0.25) is 0 Å². The van der Waals surface area contributed by atoms with Gasteiger partial charge in [0, 0.05) is 36.2 Å². The third kappa shape index (κ3) is 11.6. The van der Waals surface area contributed by atoms with E-state index in [1.807, 2.05) is 52.8 Å². The fraction of sp³-hybridized carbons (Fsp3) is 0.558. The second kappa shape index (κ2) is 19.1. The number of likely N-dealkylation sites (N-methyl/N-ethyl adjacent to an activating group) is 1. The Bertz CT molecular complexity index is 1590. The summed E-state index contributed by atoms with van der Waals surface area (Å²) < 4.78 is 5.02. The second-order valence-corrected chi connectivity index (χ2v) is 16.2. The summed E-state index contributed by atoms with van der Waals surface area (Å²) in [5.41, 5.74) is 1.58. The van der Waals surface area contributed by atoms with Crippen LogP contribution in [0.4, 0.5) is 0 Å². The molecule has 2 unspecified atom stereocenters. The first kappa shape index (κ1) is 43.1. The molecule has 5 atom stereocenters. The lowest BCUT2D eigenvalue weighted by Gasteiger charge is -2.42. The first-order chi connectivity index (χ1) is 24.9. The van der Waals surface area contributed by atoms with Crippen LogP contribution in [0.3, 0.4) is 0 Å². The molecule has 0 bridgehead atoms. The summed E-state index contributed by atoms with van der Waals surface area (Å²) in [7, 11) is 2.97. The highest BCUT2D eigenvalue weighted by Gasteiger charge is 2.40. The van der Waals surface area contributed by atoms with Gasteiger partial charge in [0.2, 0.25) is 17.7 Å². The van der Waals surface area contributed by atoms with Crippen LogP contribution in [-0.2, 0) is 30.3 Å². The number of carbonyl (C=O) groups is 5. The zero-order chi connectivity index (χ0) is 39.6. The maximum absolute atomic E-state index is 14.3. The molecule has 1 aliphatic heterocycles. The quantitative estimate of drug-likeness (QED) is 0.131. The molecular weight excluding hydrogens is 668 g/mol. The molecule has 0 spiro atoms. The van der Waals surface area contributed by atoms with Crippen LogP contribution in [0.15, 0.2) is 66.2 Å². The van der Waals surface area contributed by atoms with E-state index in [9.17, 15) is 24.0 Å². The van der Waals surface area contributed by atoms with Crippen molar-refractivity contribution >= 4 is 29.5 Å². The van der Waals surface area contributed by atoms with Gasteiger partial charge in [0.25, 0.3) is 0 Å². The zero-order valence-corrected chi connectivity index (χ0v) is 33.7. The monoisotopic (exact) mass is 730 g/mol. The molecule has 0 aromatic heterocycles. The van der Waals surface area contributed by atoms with E-state index in [4.69, 9.17) is 4.74 Å².